The Hall–Kier alpha value is -1.26. The average molecular weight is 390 g/mol. The van der Waals surface area contributed by atoms with Crippen LogP contribution in [0.4, 0.5) is 0 Å². The number of halogens is 1. The molecule has 1 N–H and O–H groups in total. The summed E-state index contributed by atoms with van der Waals surface area (Å²) < 4.78 is 6.25. The normalized spacial score (nSPS) is 41.6. The minimum atomic E-state index is -0.397. The molecule has 5 heteroatoms. The Labute approximate surface area is 166 Å². The quantitative estimate of drug-likeness (QED) is 0.842. The summed E-state index contributed by atoms with van der Waals surface area (Å²) in [6.07, 6.45) is 4.38. The van der Waals surface area contributed by atoms with Gasteiger partial charge in [0.05, 0.1) is 0 Å². The third kappa shape index (κ3) is 2.06. The van der Waals surface area contributed by atoms with Gasteiger partial charge in [-0.2, -0.15) is 0 Å². The maximum Gasteiger partial charge on any atom is 0.177 e. The van der Waals surface area contributed by atoms with Gasteiger partial charge < -0.3 is 9.84 Å². The predicted octanol–water partition coefficient (Wildman–Crippen LogP) is 3.32. The van der Waals surface area contributed by atoms with Crippen LogP contribution in [-0.2, 0) is 16.6 Å². The summed E-state index contributed by atoms with van der Waals surface area (Å²) >= 11 is 0. The predicted molar refractivity (Wildman–Crippen MR) is 105 cm³/mol. The molecule has 3 fully saturated rings. The second-order valence-electron chi connectivity index (χ2n) is 9.52. The average Bonchev–Trinajstić information content (AvgIpc) is 3.38. The van der Waals surface area contributed by atoms with Crippen LogP contribution >= 0.6 is 12.4 Å². The lowest BCUT2D eigenvalue weighted by Gasteiger charge is -2.61. The molecule has 4 nitrogen and oxygen atoms in total. The van der Waals surface area contributed by atoms with Crippen LogP contribution in [0.25, 0.3) is 0 Å². The van der Waals surface area contributed by atoms with Gasteiger partial charge in [-0.15, -0.1) is 12.4 Å². The Morgan fingerprint density at radius 3 is 2.81 bits per heavy atom. The van der Waals surface area contributed by atoms with Crippen molar-refractivity contribution in [1.29, 1.82) is 0 Å². The number of nitrogens with zero attached hydrogens (tertiary/aromatic N) is 1. The van der Waals surface area contributed by atoms with E-state index in [9.17, 15) is 9.90 Å². The van der Waals surface area contributed by atoms with Crippen LogP contribution in [0.5, 0.6) is 11.5 Å². The van der Waals surface area contributed by atoms with Gasteiger partial charge in [0.1, 0.15) is 0 Å². The molecule has 1 spiro atoms. The Bertz CT molecular complexity index is 822. The summed E-state index contributed by atoms with van der Waals surface area (Å²) in [7, 11) is 0. The fourth-order valence-electron chi connectivity index (χ4n) is 6.88. The number of likely N-dealkylation sites (tertiary alicyclic amines) is 1. The number of benzene rings is 1. The Morgan fingerprint density at radius 1 is 1.30 bits per heavy atom. The molecule has 2 aliphatic heterocycles. The number of aromatic hydroxyl groups is 1. The van der Waals surface area contributed by atoms with Crippen molar-refractivity contribution in [2.75, 3.05) is 13.1 Å². The van der Waals surface area contributed by atoms with Crippen LogP contribution < -0.4 is 4.74 Å². The van der Waals surface area contributed by atoms with Crippen molar-refractivity contribution in [2.24, 2.45) is 23.7 Å². The molecular formula is C22H28ClNO3. The van der Waals surface area contributed by atoms with E-state index in [0.29, 0.717) is 23.6 Å². The standard InChI is InChI=1S/C22H27NO3.ClH/c1-11-12(2)19(25)21-22-7-8-23(10-13-3-4-13)15(17(11)22)9-14-5-6-16(24)20(26-21)18(14)22;/h5-6,11-13,15,17,21,24H,3-4,7-10H2,1-2H3;1H/t11-,12-,15?,17?,21?,22?;/m0./s1. The number of phenols is 1. The first-order valence-corrected chi connectivity index (χ1v) is 10.3. The van der Waals surface area contributed by atoms with Gasteiger partial charge >= 0.3 is 0 Å². The number of piperidine rings is 1. The van der Waals surface area contributed by atoms with Gasteiger partial charge in [-0.1, -0.05) is 19.9 Å². The molecule has 27 heavy (non-hydrogen) atoms. The molecule has 3 aliphatic carbocycles. The number of ether oxygens (including phenoxy) is 1. The van der Waals surface area contributed by atoms with E-state index in [2.05, 4.69) is 24.8 Å². The zero-order valence-corrected chi connectivity index (χ0v) is 16.8. The number of rotatable bonds is 2. The van der Waals surface area contributed by atoms with Crippen molar-refractivity contribution in [3.05, 3.63) is 23.3 Å². The second-order valence-corrected chi connectivity index (χ2v) is 9.52. The number of phenolic OH excluding ortho intramolecular Hbond substituents is 1. The van der Waals surface area contributed by atoms with Crippen LogP contribution in [0.1, 0.15) is 44.2 Å². The van der Waals surface area contributed by atoms with E-state index in [-0.39, 0.29) is 35.3 Å². The largest absolute Gasteiger partial charge is 0.504 e. The van der Waals surface area contributed by atoms with Gasteiger partial charge in [-0.25, -0.2) is 0 Å². The lowest BCUT2D eigenvalue weighted by atomic mass is 9.47. The van der Waals surface area contributed by atoms with Gasteiger partial charge in [-0.05, 0) is 61.6 Å². The summed E-state index contributed by atoms with van der Waals surface area (Å²) in [6, 6.07) is 4.35. The van der Waals surface area contributed by atoms with Crippen molar-refractivity contribution in [2.45, 2.75) is 57.1 Å². The molecule has 0 radical (unpaired) electrons. The monoisotopic (exact) mass is 389 g/mol. The van der Waals surface area contributed by atoms with Crippen LogP contribution in [0.15, 0.2) is 12.1 Å². The van der Waals surface area contributed by atoms with Crippen molar-refractivity contribution in [3.63, 3.8) is 0 Å². The van der Waals surface area contributed by atoms with Crippen molar-refractivity contribution >= 4 is 18.2 Å². The number of ketones is 1. The molecule has 6 rings (SSSR count). The van der Waals surface area contributed by atoms with E-state index in [1.165, 1.54) is 30.5 Å². The van der Waals surface area contributed by atoms with Crippen LogP contribution in [0.3, 0.4) is 0 Å². The Balaban J connectivity index is 0.00000160. The first-order valence-electron chi connectivity index (χ1n) is 10.3. The van der Waals surface area contributed by atoms with E-state index in [1.54, 1.807) is 6.07 Å². The van der Waals surface area contributed by atoms with Crippen molar-refractivity contribution < 1.29 is 14.6 Å². The third-order valence-electron chi connectivity index (χ3n) is 8.36. The maximum atomic E-state index is 13.2. The van der Waals surface area contributed by atoms with Gasteiger partial charge in [-0.3, -0.25) is 9.69 Å². The number of Topliss-reactive ketones (excluding diaryl/α,β-unsaturated/α-hetero) is 1. The minimum absolute atomic E-state index is 0. The van der Waals surface area contributed by atoms with Crippen LogP contribution in [-0.4, -0.2) is 41.0 Å². The maximum absolute atomic E-state index is 13.2. The van der Waals surface area contributed by atoms with E-state index < -0.39 is 6.10 Å². The molecule has 5 aliphatic rings. The molecule has 2 bridgehead atoms. The molecule has 0 amide bonds. The van der Waals surface area contributed by atoms with Crippen LogP contribution in [0.2, 0.25) is 0 Å². The van der Waals surface area contributed by atoms with Gasteiger partial charge in [0.2, 0.25) is 0 Å². The fourth-order valence-corrected chi connectivity index (χ4v) is 6.88. The van der Waals surface area contributed by atoms with E-state index >= 15 is 0 Å². The molecule has 4 unspecified atom stereocenters. The summed E-state index contributed by atoms with van der Waals surface area (Å²) in [5.74, 6) is 2.78. The highest BCUT2D eigenvalue weighted by molar-refractivity contribution is 5.91. The first kappa shape index (κ1) is 17.8. The number of hydrogen-bond acceptors (Lipinski definition) is 4. The van der Waals surface area contributed by atoms with E-state index in [1.807, 2.05) is 0 Å². The summed E-state index contributed by atoms with van der Waals surface area (Å²) in [4.78, 5) is 16.0. The molecule has 1 aromatic rings. The highest BCUT2D eigenvalue weighted by Gasteiger charge is 2.69. The molecular weight excluding hydrogens is 362 g/mol. The topological polar surface area (TPSA) is 49.8 Å². The molecule has 1 saturated heterocycles. The van der Waals surface area contributed by atoms with Gasteiger partial charge in [0, 0.05) is 29.5 Å². The van der Waals surface area contributed by atoms with Gasteiger partial charge in [0.15, 0.2) is 23.4 Å². The number of carbonyl (C=O) groups excluding carboxylic acids is 1. The molecule has 2 heterocycles. The minimum Gasteiger partial charge on any atom is -0.504 e. The Morgan fingerprint density at radius 2 is 2.07 bits per heavy atom. The SMILES string of the molecule is C[C@@H]1C(=O)C2Oc3c(O)ccc4c3C23CCN(CC2CC2)C(C4)C3[C@H]1C.Cl. The van der Waals surface area contributed by atoms with Crippen molar-refractivity contribution in [3.8, 4) is 11.5 Å². The highest BCUT2D eigenvalue weighted by Crippen LogP contribution is 2.65. The summed E-state index contributed by atoms with van der Waals surface area (Å²) in [5.41, 5.74) is 2.27. The highest BCUT2D eigenvalue weighted by atomic mass is 35.5. The second kappa shape index (κ2) is 5.64. The number of hydrogen-bond donors (Lipinski definition) is 1. The fraction of sp³-hybridized carbons (Fsp3) is 0.682. The molecule has 0 aromatic heterocycles. The van der Waals surface area contributed by atoms with Gasteiger partial charge in [0.25, 0.3) is 0 Å². The number of carbonyl (C=O) groups is 1. The van der Waals surface area contributed by atoms with Crippen LogP contribution in [0, 0.1) is 23.7 Å². The zero-order chi connectivity index (χ0) is 17.8. The van der Waals surface area contributed by atoms with E-state index in [4.69, 9.17) is 4.74 Å². The lowest BCUT2D eigenvalue weighted by Crippen LogP contribution is -2.69. The smallest absolute Gasteiger partial charge is 0.177 e. The third-order valence-corrected chi connectivity index (χ3v) is 8.36. The lowest BCUT2D eigenvalue weighted by molar-refractivity contribution is -0.151. The molecule has 2 saturated carbocycles. The summed E-state index contributed by atoms with van der Waals surface area (Å²) in [5, 5.41) is 10.5. The molecule has 1 aromatic carbocycles. The van der Waals surface area contributed by atoms with E-state index in [0.717, 1.165) is 25.3 Å². The Kier molecular flexibility index (Phi) is 3.72. The summed E-state index contributed by atoms with van der Waals surface area (Å²) in [6.45, 7) is 6.64. The zero-order valence-electron chi connectivity index (χ0n) is 16.0. The van der Waals surface area contributed by atoms with Crippen molar-refractivity contribution in [1.82, 2.24) is 4.90 Å². The molecule has 6 atom stereocenters. The molecule has 146 valence electrons. The first-order chi connectivity index (χ1) is 12.5.